The van der Waals surface area contributed by atoms with Crippen molar-refractivity contribution in [2.24, 2.45) is 0 Å². The van der Waals surface area contributed by atoms with Crippen LogP contribution in [0.5, 0.6) is 5.75 Å². The molecule has 12 heteroatoms. The summed E-state index contributed by atoms with van der Waals surface area (Å²) in [5.41, 5.74) is 0.728. The number of aromatic nitrogens is 1. The summed E-state index contributed by atoms with van der Waals surface area (Å²) < 4.78 is 15.5. The molecule has 0 saturated carbocycles. The molecule has 1 fully saturated rings. The van der Waals surface area contributed by atoms with Crippen LogP contribution in [0.4, 0.5) is 0 Å². The molecule has 0 aromatic carbocycles. The third-order valence-electron chi connectivity index (χ3n) is 2.66. The molecule has 1 aromatic heterocycles. The molecule has 1 aromatic rings. The van der Waals surface area contributed by atoms with Gasteiger partial charge in [-0.15, -0.1) is 0 Å². The van der Waals surface area contributed by atoms with Crippen LogP contribution in [-0.4, -0.2) is 30.1 Å². The number of thioether (sulfide) groups is 1. The fraction of sp³-hybridized carbons (Fsp3) is 0.182. The van der Waals surface area contributed by atoms with E-state index in [4.69, 9.17) is 22.0 Å². The molecular formula is C11H11N2NaO6PS2+. The van der Waals surface area contributed by atoms with E-state index in [1.165, 1.54) is 12.3 Å². The van der Waals surface area contributed by atoms with Gasteiger partial charge in [0.2, 0.25) is 0 Å². The third-order valence-corrected chi connectivity index (χ3v) is 4.29. The number of hydrogen-bond donors (Lipinski definition) is 4. The topological polar surface area (TPSA) is 129 Å². The Kier molecular flexibility index (Phi) is 7.39. The molecule has 0 unspecified atom stereocenters. The monoisotopic (exact) mass is 385 g/mol. The van der Waals surface area contributed by atoms with Gasteiger partial charge in [0.05, 0.1) is 17.2 Å². The van der Waals surface area contributed by atoms with Crippen molar-refractivity contribution in [3.63, 3.8) is 0 Å². The summed E-state index contributed by atoms with van der Waals surface area (Å²) in [6, 6.07) is 0. The zero-order chi connectivity index (χ0) is 16.5. The molecule has 0 radical (unpaired) electrons. The fourth-order valence-corrected chi connectivity index (χ4v) is 2.97. The average Bonchev–Trinajstić information content (AvgIpc) is 2.71. The minimum atomic E-state index is -4.67. The number of nitrogens with one attached hydrogen (secondary N) is 1. The molecule has 8 nitrogen and oxygen atoms in total. The fourth-order valence-electron chi connectivity index (χ4n) is 1.63. The maximum absolute atomic E-state index is 11.7. The number of thiocarbonyl (C=S) groups is 1. The van der Waals surface area contributed by atoms with Gasteiger partial charge in [0.1, 0.15) is 10.1 Å². The van der Waals surface area contributed by atoms with Crippen molar-refractivity contribution in [1.29, 1.82) is 0 Å². The molecule has 4 N–H and O–H groups in total. The van der Waals surface area contributed by atoms with Crippen LogP contribution in [0.2, 0.25) is 0 Å². The van der Waals surface area contributed by atoms with E-state index < -0.39 is 20.3 Å². The minimum absolute atomic E-state index is 0. The maximum atomic E-state index is 11.7. The Bertz CT molecular complexity index is 735. The van der Waals surface area contributed by atoms with E-state index in [-0.39, 0.29) is 55.7 Å². The summed E-state index contributed by atoms with van der Waals surface area (Å²) in [5.74, 6) is -0.615. The van der Waals surface area contributed by atoms with Crippen molar-refractivity contribution < 1.29 is 58.3 Å². The number of aryl methyl sites for hydroxylation is 1. The molecule has 23 heavy (non-hydrogen) atoms. The number of hydrogen-bond acceptors (Lipinski definition) is 7. The Morgan fingerprint density at radius 2 is 2.17 bits per heavy atom. The second-order valence-corrected chi connectivity index (χ2v) is 7.21. The molecule has 1 saturated heterocycles. The van der Waals surface area contributed by atoms with E-state index in [1.807, 2.05) is 0 Å². The molecule has 0 bridgehead atoms. The SMILES string of the molecule is Cc1ncc(COP(=O)(O)O)c(/C=C2\SC(=S)NC2=O)c1O.[Na+]. The van der Waals surface area contributed by atoms with Crippen molar-refractivity contribution in [1.82, 2.24) is 10.3 Å². The number of nitrogens with zero attached hydrogens (tertiary/aromatic N) is 1. The number of pyridine rings is 1. The number of phosphoric acid groups is 1. The van der Waals surface area contributed by atoms with Crippen LogP contribution in [0.3, 0.4) is 0 Å². The summed E-state index contributed by atoms with van der Waals surface area (Å²) in [5, 5.41) is 12.5. The van der Waals surface area contributed by atoms with Crippen LogP contribution in [0.25, 0.3) is 6.08 Å². The van der Waals surface area contributed by atoms with Crippen LogP contribution >= 0.6 is 31.8 Å². The second kappa shape index (κ2) is 8.19. The van der Waals surface area contributed by atoms with Crippen LogP contribution in [0, 0.1) is 6.92 Å². The zero-order valence-corrected chi connectivity index (χ0v) is 16.7. The number of amides is 1. The summed E-state index contributed by atoms with van der Waals surface area (Å²) >= 11 is 5.89. The van der Waals surface area contributed by atoms with E-state index in [0.29, 0.717) is 5.69 Å². The van der Waals surface area contributed by atoms with Gasteiger partial charge in [0, 0.05) is 17.3 Å². The molecular weight excluding hydrogens is 374 g/mol. The number of phosphoric ester groups is 1. The Balaban J connectivity index is 0.00000264. The van der Waals surface area contributed by atoms with Crippen LogP contribution in [-0.2, 0) is 20.5 Å². The van der Waals surface area contributed by atoms with Gasteiger partial charge in [-0.25, -0.2) is 4.57 Å². The number of rotatable bonds is 4. The van der Waals surface area contributed by atoms with Gasteiger partial charge in [0.25, 0.3) is 5.91 Å². The van der Waals surface area contributed by atoms with Crippen LogP contribution < -0.4 is 34.9 Å². The quantitative estimate of drug-likeness (QED) is 0.205. The molecule has 0 aliphatic carbocycles. The Morgan fingerprint density at radius 3 is 2.70 bits per heavy atom. The predicted octanol–water partition coefficient (Wildman–Crippen LogP) is -1.80. The number of aromatic hydroxyl groups is 1. The van der Waals surface area contributed by atoms with Crippen molar-refractivity contribution in [3.8, 4) is 5.75 Å². The normalized spacial score (nSPS) is 16.4. The van der Waals surface area contributed by atoms with E-state index >= 15 is 0 Å². The first-order chi connectivity index (χ1) is 10.2. The average molecular weight is 385 g/mol. The third kappa shape index (κ3) is 5.63. The van der Waals surface area contributed by atoms with Crippen molar-refractivity contribution in [3.05, 3.63) is 27.9 Å². The first-order valence-electron chi connectivity index (χ1n) is 5.80. The van der Waals surface area contributed by atoms with E-state index in [1.54, 1.807) is 6.92 Å². The van der Waals surface area contributed by atoms with Gasteiger partial charge in [-0.2, -0.15) is 0 Å². The van der Waals surface area contributed by atoms with E-state index in [9.17, 15) is 14.5 Å². The smallest absolute Gasteiger partial charge is 0.505 e. The molecule has 0 spiro atoms. The Morgan fingerprint density at radius 1 is 1.52 bits per heavy atom. The molecule has 118 valence electrons. The van der Waals surface area contributed by atoms with Gasteiger partial charge in [0.15, 0.2) is 0 Å². The largest absolute Gasteiger partial charge is 1.00 e. The Labute approximate surface area is 163 Å². The van der Waals surface area contributed by atoms with Gasteiger partial charge in [-0.3, -0.25) is 14.3 Å². The maximum Gasteiger partial charge on any atom is 1.00 e. The van der Waals surface area contributed by atoms with Gasteiger partial charge >= 0.3 is 37.4 Å². The molecule has 0 atom stereocenters. The number of carbonyl (C=O) groups is 1. The Hall–Kier alpha value is -0.290. The molecule has 2 rings (SSSR count). The molecule has 1 aliphatic heterocycles. The zero-order valence-electron chi connectivity index (χ0n) is 12.1. The van der Waals surface area contributed by atoms with E-state index in [2.05, 4.69) is 14.8 Å². The van der Waals surface area contributed by atoms with Gasteiger partial charge < -0.3 is 20.2 Å². The van der Waals surface area contributed by atoms with E-state index in [0.717, 1.165) is 11.8 Å². The van der Waals surface area contributed by atoms with Crippen LogP contribution in [0.1, 0.15) is 16.8 Å². The first-order valence-corrected chi connectivity index (χ1v) is 8.55. The molecule has 1 aliphatic rings. The predicted molar refractivity (Wildman–Crippen MR) is 83.8 cm³/mol. The van der Waals surface area contributed by atoms with Crippen molar-refractivity contribution in [2.75, 3.05) is 0 Å². The standard InChI is InChI=1S/C11H11N2O6PS2.Na/c1-5-9(14)7(2-8-10(15)13-11(21)22-8)6(3-12-5)4-19-20(16,17)18;/h2-3,14H,4H2,1H3,(H,13,15,21)(H2,16,17,18);/q;+1/b8-2-;. The van der Waals surface area contributed by atoms with Gasteiger partial charge in [-0.05, 0) is 13.0 Å². The van der Waals surface area contributed by atoms with Crippen molar-refractivity contribution in [2.45, 2.75) is 13.5 Å². The van der Waals surface area contributed by atoms with Gasteiger partial charge in [-0.1, -0.05) is 24.0 Å². The first kappa shape index (κ1) is 20.8. The summed E-state index contributed by atoms with van der Waals surface area (Å²) in [4.78, 5) is 33.3. The van der Waals surface area contributed by atoms with Crippen LogP contribution in [0.15, 0.2) is 11.1 Å². The van der Waals surface area contributed by atoms with Crippen molar-refractivity contribution >= 4 is 48.1 Å². The second-order valence-electron chi connectivity index (χ2n) is 4.25. The summed E-state index contributed by atoms with van der Waals surface area (Å²) in [6.07, 6.45) is 2.69. The molecule has 1 amide bonds. The summed E-state index contributed by atoms with van der Waals surface area (Å²) in [6.45, 7) is 1.08. The molecule has 2 heterocycles. The minimum Gasteiger partial charge on any atom is -0.505 e. The summed E-state index contributed by atoms with van der Waals surface area (Å²) in [7, 11) is -4.67. The number of carbonyl (C=O) groups excluding carboxylic acids is 1.